The van der Waals surface area contributed by atoms with Crippen molar-refractivity contribution in [2.75, 3.05) is 13.1 Å². The average molecular weight is 258 g/mol. The number of benzene rings is 1. The van der Waals surface area contributed by atoms with Crippen LogP contribution >= 0.6 is 0 Å². The quantitative estimate of drug-likeness (QED) is 0.792. The summed E-state index contributed by atoms with van der Waals surface area (Å²) >= 11 is 0. The molecule has 18 heavy (non-hydrogen) atoms. The second kappa shape index (κ2) is 6.28. The monoisotopic (exact) mass is 258 g/mol. The summed E-state index contributed by atoms with van der Waals surface area (Å²) in [6.45, 7) is 0.503. The van der Waals surface area contributed by atoms with Crippen molar-refractivity contribution >= 4 is 0 Å². The number of hydrogen-bond acceptors (Lipinski definition) is 3. The van der Waals surface area contributed by atoms with Crippen molar-refractivity contribution in [2.45, 2.75) is 12.4 Å². The minimum absolute atomic E-state index is 0.219. The van der Waals surface area contributed by atoms with Gasteiger partial charge in [0.15, 0.2) is 0 Å². The lowest BCUT2D eigenvalue weighted by molar-refractivity contribution is -0.274. The van der Waals surface area contributed by atoms with E-state index < -0.39 is 6.36 Å². The molecule has 1 atom stereocenters. The summed E-state index contributed by atoms with van der Waals surface area (Å²) < 4.78 is 40.0. The molecule has 6 heteroatoms. The van der Waals surface area contributed by atoms with Crippen LogP contribution in [0, 0.1) is 12.3 Å². The third-order valence-electron chi connectivity index (χ3n) is 2.18. The molecule has 0 bridgehead atoms. The lowest BCUT2D eigenvalue weighted by atomic mass is 10.1. The van der Waals surface area contributed by atoms with Crippen LogP contribution < -0.4 is 15.8 Å². The SMILES string of the molecule is C#CCNC(CN)c1cccc(OC(F)(F)F)c1. The van der Waals surface area contributed by atoms with E-state index in [1.54, 1.807) is 6.07 Å². The normalized spacial score (nSPS) is 12.8. The van der Waals surface area contributed by atoms with Crippen LogP contribution in [0.4, 0.5) is 13.2 Å². The molecule has 1 aromatic rings. The molecule has 0 aromatic heterocycles. The van der Waals surface area contributed by atoms with Crippen LogP contribution in [0.1, 0.15) is 11.6 Å². The summed E-state index contributed by atoms with van der Waals surface area (Å²) in [4.78, 5) is 0. The Morgan fingerprint density at radius 2 is 2.17 bits per heavy atom. The maximum Gasteiger partial charge on any atom is 0.573 e. The summed E-state index contributed by atoms with van der Waals surface area (Å²) in [6.07, 6.45) is 0.391. The number of terminal acetylenes is 1. The van der Waals surface area contributed by atoms with Gasteiger partial charge >= 0.3 is 6.36 Å². The summed E-state index contributed by atoms with van der Waals surface area (Å²) in [5, 5.41) is 2.93. The van der Waals surface area contributed by atoms with Crippen molar-refractivity contribution in [3.05, 3.63) is 29.8 Å². The van der Waals surface area contributed by atoms with Gasteiger partial charge in [0.2, 0.25) is 0 Å². The number of nitrogens with two attached hydrogens (primary N) is 1. The standard InChI is InChI=1S/C12H13F3N2O/c1-2-6-17-11(8-16)9-4-3-5-10(7-9)18-12(13,14)15/h1,3-5,7,11,17H,6,8,16H2. The van der Waals surface area contributed by atoms with Gasteiger partial charge < -0.3 is 10.5 Å². The van der Waals surface area contributed by atoms with Gasteiger partial charge in [-0.3, -0.25) is 5.32 Å². The van der Waals surface area contributed by atoms with Crippen LogP contribution in [0.25, 0.3) is 0 Å². The Hall–Kier alpha value is -1.71. The topological polar surface area (TPSA) is 47.3 Å². The third kappa shape index (κ3) is 4.65. The Bertz CT molecular complexity index is 426. The molecular weight excluding hydrogens is 245 g/mol. The maximum atomic E-state index is 12.1. The fourth-order valence-corrected chi connectivity index (χ4v) is 1.45. The van der Waals surface area contributed by atoms with Gasteiger partial charge in [-0.05, 0) is 17.7 Å². The highest BCUT2D eigenvalue weighted by Gasteiger charge is 2.31. The average Bonchev–Trinajstić information content (AvgIpc) is 2.28. The van der Waals surface area contributed by atoms with E-state index in [2.05, 4.69) is 16.0 Å². The van der Waals surface area contributed by atoms with Crippen molar-refractivity contribution in [1.82, 2.24) is 5.32 Å². The number of halogens is 3. The second-order valence-corrected chi connectivity index (χ2v) is 3.49. The smallest absolute Gasteiger partial charge is 0.406 e. The van der Waals surface area contributed by atoms with Crippen LogP contribution in [0.15, 0.2) is 24.3 Å². The molecule has 0 aliphatic heterocycles. The Morgan fingerprint density at radius 3 is 2.72 bits per heavy atom. The van der Waals surface area contributed by atoms with Gasteiger partial charge in [0, 0.05) is 12.6 Å². The van der Waals surface area contributed by atoms with E-state index in [0.29, 0.717) is 5.56 Å². The highest BCUT2D eigenvalue weighted by molar-refractivity contribution is 5.31. The van der Waals surface area contributed by atoms with Crippen molar-refractivity contribution in [2.24, 2.45) is 5.73 Å². The van der Waals surface area contributed by atoms with E-state index in [1.165, 1.54) is 18.2 Å². The zero-order valence-corrected chi connectivity index (χ0v) is 9.50. The molecule has 1 aromatic carbocycles. The minimum atomic E-state index is -4.71. The first kappa shape index (κ1) is 14.4. The number of ether oxygens (including phenoxy) is 1. The number of alkyl halides is 3. The number of nitrogens with one attached hydrogen (secondary N) is 1. The molecule has 1 rings (SSSR count). The van der Waals surface area contributed by atoms with Crippen molar-refractivity contribution in [3.8, 4) is 18.1 Å². The highest BCUT2D eigenvalue weighted by Crippen LogP contribution is 2.25. The molecular formula is C12H13F3N2O. The van der Waals surface area contributed by atoms with Gasteiger partial charge in [-0.25, -0.2) is 0 Å². The predicted molar refractivity (Wildman–Crippen MR) is 61.8 cm³/mol. The summed E-state index contributed by atoms with van der Waals surface area (Å²) in [5.74, 6) is 2.10. The Kier molecular flexibility index (Phi) is 5.01. The van der Waals surface area contributed by atoms with E-state index in [-0.39, 0.29) is 24.9 Å². The number of rotatable bonds is 5. The largest absolute Gasteiger partial charge is 0.573 e. The Labute approximate surface area is 103 Å². The zero-order valence-electron chi connectivity index (χ0n) is 9.50. The van der Waals surface area contributed by atoms with Gasteiger partial charge in [0.25, 0.3) is 0 Å². The van der Waals surface area contributed by atoms with E-state index in [9.17, 15) is 13.2 Å². The fraction of sp³-hybridized carbons (Fsp3) is 0.333. The molecule has 0 saturated heterocycles. The molecule has 0 fully saturated rings. The third-order valence-corrected chi connectivity index (χ3v) is 2.18. The predicted octanol–water partition coefficient (Wildman–Crippen LogP) is 1.81. The van der Waals surface area contributed by atoms with Crippen LogP contribution in [-0.4, -0.2) is 19.5 Å². The molecule has 98 valence electrons. The summed E-state index contributed by atoms with van der Waals surface area (Å²) in [5.41, 5.74) is 6.12. The first-order valence-electron chi connectivity index (χ1n) is 5.19. The van der Waals surface area contributed by atoms with Gasteiger partial charge in [0.05, 0.1) is 6.54 Å². The van der Waals surface area contributed by atoms with Gasteiger partial charge in [-0.1, -0.05) is 18.1 Å². The van der Waals surface area contributed by atoms with E-state index >= 15 is 0 Å². The van der Waals surface area contributed by atoms with Gasteiger partial charge in [0.1, 0.15) is 5.75 Å². The molecule has 0 aliphatic rings. The van der Waals surface area contributed by atoms with Crippen molar-refractivity contribution < 1.29 is 17.9 Å². The molecule has 0 heterocycles. The lowest BCUT2D eigenvalue weighted by Crippen LogP contribution is -2.28. The van der Waals surface area contributed by atoms with Crippen molar-refractivity contribution in [3.63, 3.8) is 0 Å². The van der Waals surface area contributed by atoms with E-state index in [4.69, 9.17) is 12.2 Å². The molecule has 1 unspecified atom stereocenters. The van der Waals surface area contributed by atoms with Crippen LogP contribution in [-0.2, 0) is 0 Å². The fourth-order valence-electron chi connectivity index (χ4n) is 1.45. The molecule has 3 nitrogen and oxygen atoms in total. The summed E-state index contributed by atoms with van der Waals surface area (Å²) in [7, 11) is 0. The summed E-state index contributed by atoms with van der Waals surface area (Å²) in [6, 6.07) is 5.33. The van der Waals surface area contributed by atoms with E-state index in [0.717, 1.165) is 0 Å². The number of hydrogen-bond donors (Lipinski definition) is 2. The van der Waals surface area contributed by atoms with E-state index in [1.807, 2.05) is 0 Å². The highest BCUT2D eigenvalue weighted by atomic mass is 19.4. The van der Waals surface area contributed by atoms with Gasteiger partial charge in [-0.2, -0.15) is 0 Å². The molecule has 0 amide bonds. The molecule has 0 saturated carbocycles. The Morgan fingerprint density at radius 1 is 1.44 bits per heavy atom. The molecule has 3 N–H and O–H groups in total. The van der Waals surface area contributed by atoms with Crippen LogP contribution in [0.3, 0.4) is 0 Å². The first-order valence-corrected chi connectivity index (χ1v) is 5.19. The minimum Gasteiger partial charge on any atom is -0.406 e. The lowest BCUT2D eigenvalue weighted by Gasteiger charge is -2.17. The second-order valence-electron chi connectivity index (χ2n) is 3.49. The molecule has 0 radical (unpaired) electrons. The zero-order chi connectivity index (χ0) is 13.6. The molecule has 0 aliphatic carbocycles. The molecule has 0 spiro atoms. The van der Waals surface area contributed by atoms with Crippen molar-refractivity contribution in [1.29, 1.82) is 0 Å². The van der Waals surface area contributed by atoms with Crippen LogP contribution in [0.2, 0.25) is 0 Å². The van der Waals surface area contributed by atoms with Crippen LogP contribution in [0.5, 0.6) is 5.75 Å². The Balaban J connectivity index is 2.83. The van der Waals surface area contributed by atoms with Gasteiger partial charge in [-0.15, -0.1) is 19.6 Å². The first-order chi connectivity index (χ1) is 8.46. The maximum absolute atomic E-state index is 12.1.